The average Bonchev–Trinajstić information content (AvgIpc) is 3.03. The third-order valence-corrected chi connectivity index (χ3v) is 10.7. The van der Waals surface area contributed by atoms with Gasteiger partial charge in [-0.1, -0.05) is 31.0 Å². The molecule has 0 unspecified atom stereocenters. The Kier molecular flexibility index (Phi) is 10.0. The molecule has 1 N–H and O–H groups in total. The van der Waals surface area contributed by atoms with Gasteiger partial charge in [0.05, 0.1) is 17.0 Å². The van der Waals surface area contributed by atoms with Crippen molar-refractivity contribution < 1.29 is 13.2 Å². The zero-order valence-corrected chi connectivity index (χ0v) is 27.6. The fourth-order valence-electron chi connectivity index (χ4n) is 7.84. The number of rotatable bonds is 2. The van der Waals surface area contributed by atoms with Crippen molar-refractivity contribution in [3.63, 3.8) is 0 Å². The lowest BCUT2D eigenvalue weighted by molar-refractivity contribution is -0.0401. The maximum Gasteiger partial charge on any atom is 0.276 e. The molecule has 2 aromatic heterocycles. The van der Waals surface area contributed by atoms with Gasteiger partial charge in [0, 0.05) is 30.1 Å². The van der Waals surface area contributed by atoms with Gasteiger partial charge in [-0.25, -0.2) is 23.1 Å². The van der Waals surface area contributed by atoms with Crippen LogP contribution >= 0.6 is 0 Å². The summed E-state index contributed by atoms with van der Waals surface area (Å²) in [5.74, 6) is -3.67. The van der Waals surface area contributed by atoms with E-state index in [0.29, 0.717) is 42.3 Å². The van der Waals surface area contributed by atoms with Crippen molar-refractivity contribution in [3.8, 4) is 0 Å². The summed E-state index contributed by atoms with van der Waals surface area (Å²) in [6.07, 6.45) is 8.24. The number of halogens is 3. The molecule has 3 aromatic rings. The van der Waals surface area contributed by atoms with Crippen LogP contribution in [0, 0.1) is 11.7 Å². The lowest BCUT2D eigenvalue weighted by Gasteiger charge is -2.34. The largest absolute Gasteiger partial charge is 0.363 e. The fraction of sp³-hybridized carbons (Fsp3) is 0.639. The molecule has 1 atom stereocenters. The summed E-state index contributed by atoms with van der Waals surface area (Å²) in [6, 6.07) is 6.06. The molecule has 1 aromatic carbocycles. The number of anilines is 1. The molecule has 10 heteroatoms. The lowest BCUT2D eigenvalue weighted by Crippen LogP contribution is -2.39. The molecule has 6 heterocycles. The van der Waals surface area contributed by atoms with E-state index in [2.05, 4.69) is 38.9 Å². The molecule has 0 amide bonds. The Balaban J connectivity index is 1.38. The highest BCUT2D eigenvalue weighted by Gasteiger charge is 2.39. The highest BCUT2D eigenvalue weighted by Crippen LogP contribution is 2.41. The van der Waals surface area contributed by atoms with E-state index in [-0.39, 0.29) is 29.4 Å². The number of aryl methyl sites for hydroxylation is 1. The summed E-state index contributed by atoms with van der Waals surface area (Å²) in [5.41, 5.74) is 0.960. The smallest absolute Gasteiger partial charge is 0.276 e. The number of nitrogens with one attached hydrogen (secondary N) is 1. The first-order chi connectivity index (χ1) is 22.1. The van der Waals surface area contributed by atoms with Gasteiger partial charge in [0.1, 0.15) is 23.6 Å². The van der Waals surface area contributed by atoms with E-state index in [1.54, 1.807) is 13.0 Å². The Hall–Kier alpha value is -2.98. The van der Waals surface area contributed by atoms with E-state index in [0.717, 1.165) is 76.8 Å². The van der Waals surface area contributed by atoms with Crippen LogP contribution in [-0.2, 0) is 12.5 Å². The number of aromatic nitrogens is 3. The predicted octanol–water partition coefficient (Wildman–Crippen LogP) is 7.46. The first kappa shape index (κ1) is 32.9. The van der Waals surface area contributed by atoms with Crippen LogP contribution in [-0.4, -0.2) is 63.1 Å². The fourth-order valence-corrected chi connectivity index (χ4v) is 7.84. The first-order valence-corrected chi connectivity index (χ1v) is 17.4. The van der Waals surface area contributed by atoms with Crippen LogP contribution < -0.4 is 10.9 Å². The molecule has 4 aliphatic heterocycles. The number of alkyl halides is 2. The summed E-state index contributed by atoms with van der Waals surface area (Å²) < 4.78 is 49.1. The minimum atomic E-state index is -3.26. The predicted molar refractivity (Wildman–Crippen MR) is 177 cm³/mol. The van der Waals surface area contributed by atoms with Crippen LogP contribution in [0.2, 0.25) is 0 Å². The molecule has 0 radical (unpaired) electrons. The third kappa shape index (κ3) is 6.98. The molecular weight excluding hydrogens is 589 g/mol. The molecule has 0 saturated carbocycles. The van der Waals surface area contributed by atoms with Gasteiger partial charge in [0.15, 0.2) is 0 Å². The molecule has 4 aliphatic rings. The van der Waals surface area contributed by atoms with E-state index >= 15 is 13.2 Å². The number of nitrogens with zero attached hydrogens (tertiary/aromatic N) is 5. The molecule has 8 bridgehead atoms. The second kappa shape index (κ2) is 14.0. The molecule has 250 valence electrons. The summed E-state index contributed by atoms with van der Waals surface area (Å²) >= 11 is 0. The number of hydrogen-bond acceptors (Lipinski definition) is 6. The van der Waals surface area contributed by atoms with E-state index in [1.165, 1.54) is 18.5 Å². The highest BCUT2D eigenvalue weighted by atomic mass is 19.3. The molecule has 2 saturated heterocycles. The average molecular weight is 639 g/mol. The van der Waals surface area contributed by atoms with Crippen molar-refractivity contribution in [2.24, 2.45) is 5.92 Å². The molecule has 0 aliphatic carbocycles. The first-order valence-electron chi connectivity index (χ1n) is 17.4. The van der Waals surface area contributed by atoms with Gasteiger partial charge in [-0.2, -0.15) is 0 Å². The van der Waals surface area contributed by atoms with Gasteiger partial charge in [-0.05, 0) is 110 Å². The minimum Gasteiger partial charge on any atom is -0.363 e. The number of piperidine rings is 2. The number of pyridine rings is 1. The van der Waals surface area contributed by atoms with Gasteiger partial charge in [0.2, 0.25) is 0 Å². The van der Waals surface area contributed by atoms with Gasteiger partial charge in [0.25, 0.3) is 11.5 Å². The summed E-state index contributed by atoms with van der Waals surface area (Å²) in [4.78, 5) is 28.0. The Morgan fingerprint density at radius 3 is 2.35 bits per heavy atom. The monoisotopic (exact) mass is 638 g/mol. The van der Waals surface area contributed by atoms with Crippen molar-refractivity contribution in [3.05, 3.63) is 63.5 Å². The number of benzene rings is 1. The van der Waals surface area contributed by atoms with Crippen LogP contribution in [0.1, 0.15) is 107 Å². The Morgan fingerprint density at radius 2 is 1.63 bits per heavy atom. The lowest BCUT2D eigenvalue weighted by atomic mass is 9.87. The molecule has 46 heavy (non-hydrogen) atoms. The second-order valence-electron chi connectivity index (χ2n) is 14.1. The number of hydrogen-bond donors (Lipinski definition) is 1. The van der Waals surface area contributed by atoms with Crippen molar-refractivity contribution in [1.82, 2.24) is 24.3 Å². The summed E-state index contributed by atoms with van der Waals surface area (Å²) in [6.45, 7) is 11.2. The second-order valence-corrected chi connectivity index (χ2v) is 14.1. The van der Waals surface area contributed by atoms with Crippen molar-refractivity contribution in [1.29, 1.82) is 0 Å². The Labute approximate surface area is 270 Å². The topological polar surface area (TPSA) is 66.3 Å². The number of fused-ring (bicyclic) bond motifs is 9. The highest BCUT2D eigenvalue weighted by molar-refractivity contribution is 5.87. The Bertz CT molecular complexity index is 1560. The maximum atomic E-state index is 16.0. The van der Waals surface area contributed by atoms with Gasteiger partial charge in [-0.3, -0.25) is 9.36 Å². The minimum absolute atomic E-state index is 0.00966. The standard InChI is InChI=1S/C36H49F3N6O/c1-24(2)44-19-13-27(14-20-44)29-21-30-33-40-23-41-34(30)45(35(29)46)16-7-5-4-6-15-43-17-11-26(12-18-43)22-36(38,39)31-10-8-9-28(32(31)37)25(3)42-33/h8-10,21,23-27H,4-7,11-20,22H2,1-3H3,(H,40,41,42)/t25-/m1/s1. The SMILES string of the molecule is CC(C)N1CCC(c2cc3c4ncnc3n(c2=O)CCCCCCN2CCC(CC2)CC(F)(F)c2cccc(c2F)[C@@H](C)N4)CC1. The zero-order valence-electron chi connectivity index (χ0n) is 27.6. The van der Waals surface area contributed by atoms with Crippen molar-refractivity contribution >= 4 is 16.9 Å². The molecule has 2 fully saturated rings. The van der Waals surface area contributed by atoms with Gasteiger partial charge in [-0.15, -0.1) is 0 Å². The van der Waals surface area contributed by atoms with E-state index in [9.17, 15) is 4.79 Å². The molecule has 0 spiro atoms. The van der Waals surface area contributed by atoms with Crippen molar-refractivity contribution in [2.45, 2.75) is 109 Å². The quantitative estimate of drug-likeness (QED) is 0.315. The van der Waals surface area contributed by atoms with Gasteiger partial charge < -0.3 is 15.1 Å². The molecule has 7 nitrogen and oxygen atoms in total. The summed E-state index contributed by atoms with van der Waals surface area (Å²) in [5, 5.41) is 4.02. The van der Waals surface area contributed by atoms with E-state index < -0.39 is 23.3 Å². The van der Waals surface area contributed by atoms with Crippen LogP contribution in [0.25, 0.3) is 11.0 Å². The van der Waals surface area contributed by atoms with E-state index in [1.807, 2.05) is 10.6 Å². The van der Waals surface area contributed by atoms with Gasteiger partial charge >= 0.3 is 0 Å². The molecule has 7 rings (SSSR count). The Morgan fingerprint density at radius 1 is 0.913 bits per heavy atom. The van der Waals surface area contributed by atoms with Crippen LogP contribution in [0.4, 0.5) is 19.0 Å². The van der Waals surface area contributed by atoms with E-state index in [4.69, 9.17) is 0 Å². The van der Waals surface area contributed by atoms with Crippen LogP contribution in [0.3, 0.4) is 0 Å². The normalized spacial score (nSPS) is 25.4. The van der Waals surface area contributed by atoms with Crippen molar-refractivity contribution in [2.75, 3.05) is 38.0 Å². The molecular formula is C36H49F3N6O. The van der Waals surface area contributed by atoms with Crippen LogP contribution in [0.15, 0.2) is 35.4 Å². The third-order valence-electron chi connectivity index (χ3n) is 10.7. The number of likely N-dealkylation sites (tertiary alicyclic amines) is 1. The zero-order chi connectivity index (χ0) is 32.4. The van der Waals surface area contributed by atoms with Crippen LogP contribution in [0.5, 0.6) is 0 Å². The summed E-state index contributed by atoms with van der Waals surface area (Å²) in [7, 11) is 0. The maximum absolute atomic E-state index is 16.0.